The number of hydrogen-bond donors (Lipinski definition) is 2. The first-order valence-corrected chi connectivity index (χ1v) is 5.95. The lowest BCUT2D eigenvalue weighted by molar-refractivity contribution is -0.136. The lowest BCUT2D eigenvalue weighted by Crippen LogP contribution is -2.19. The summed E-state index contributed by atoms with van der Waals surface area (Å²) < 4.78 is 38.6. The summed E-state index contributed by atoms with van der Waals surface area (Å²) in [6, 6.07) is 5.54. The van der Waals surface area contributed by atoms with Gasteiger partial charge in [-0.3, -0.25) is 9.78 Å². The van der Waals surface area contributed by atoms with Crippen LogP contribution in [0.2, 0.25) is 0 Å². The maximum atomic E-state index is 12.9. The van der Waals surface area contributed by atoms with Crippen LogP contribution >= 0.6 is 0 Å². The molecule has 0 radical (unpaired) electrons. The number of nitrogens with one attached hydrogen (secondary N) is 1. The molecule has 2 rings (SSSR count). The molecule has 2 N–H and O–H groups in total. The van der Waals surface area contributed by atoms with Crippen molar-refractivity contribution < 1.29 is 27.9 Å². The second-order valence-electron chi connectivity index (χ2n) is 4.22. The number of aromatic nitrogens is 1. The van der Waals surface area contributed by atoms with Crippen LogP contribution in [0.4, 0.5) is 18.9 Å². The molecule has 0 atom stereocenters. The average molecular weight is 310 g/mol. The summed E-state index contributed by atoms with van der Waals surface area (Å²) in [4.78, 5) is 26.6. The molecule has 22 heavy (non-hydrogen) atoms. The number of nitrogens with zero attached hydrogens (tertiary/aromatic N) is 1. The molecular formula is C14H9F3N2O3. The Morgan fingerprint density at radius 3 is 2.41 bits per heavy atom. The molecule has 0 saturated carbocycles. The van der Waals surface area contributed by atoms with Gasteiger partial charge in [-0.25, -0.2) is 4.79 Å². The first-order valence-electron chi connectivity index (χ1n) is 5.95. The zero-order valence-corrected chi connectivity index (χ0v) is 10.9. The van der Waals surface area contributed by atoms with Gasteiger partial charge in [0.15, 0.2) is 0 Å². The van der Waals surface area contributed by atoms with Crippen LogP contribution in [0, 0.1) is 0 Å². The summed E-state index contributed by atoms with van der Waals surface area (Å²) in [6.07, 6.45) is -2.51. The molecule has 1 aromatic carbocycles. The van der Waals surface area contributed by atoms with Gasteiger partial charge in [-0.2, -0.15) is 13.2 Å². The first-order chi connectivity index (χ1) is 10.3. The van der Waals surface area contributed by atoms with Gasteiger partial charge in [-0.15, -0.1) is 0 Å². The summed E-state index contributed by atoms with van der Waals surface area (Å²) >= 11 is 0. The Labute approximate surface area is 122 Å². The second-order valence-corrected chi connectivity index (χ2v) is 4.22. The van der Waals surface area contributed by atoms with E-state index in [1.807, 2.05) is 0 Å². The molecule has 5 nitrogen and oxygen atoms in total. The second kappa shape index (κ2) is 5.84. The third-order valence-electron chi connectivity index (χ3n) is 2.78. The Kier molecular flexibility index (Phi) is 4.11. The number of halogens is 3. The largest absolute Gasteiger partial charge is 0.478 e. The van der Waals surface area contributed by atoms with Crippen molar-refractivity contribution in [3.05, 3.63) is 59.4 Å². The van der Waals surface area contributed by atoms with E-state index in [2.05, 4.69) is 10.3 Å². The van der Waals surface area contributed by atoms with E-state index in [-0.39, 0.29) is 5.56 Å². The molecule has 0 fully saturated rings. The van der Waals surface area contributed by atoms with Crippen LogP contribution in [0.15, 0.2) is 42.7 Å². The number of para-hydroxylation sites is 1. The van der Waals surface area contributed by atoms with Crippen LogP contribution in [0.5, 0.6) is 0 Å². The Hall–Kier alpha value is -2.90. The minimum absolute atomic E-state index is 0.278. The Morgan fingerprint density at radius 2 is 1.77 bits per heavy atom. The number of aromatic carboxylic acids is 1. The van der Waals surface area contributed by atoms with E-state index in [0.29, 0.717) is 0 Å². The Bertz CT molecular complexity index is 729. The number of alkyl halides is 3. The number of anilines is 1. The smallest absolute Gasteiger partial charge is 0.418 e. The Balaban J connectivity index is 2.37. The van der Waals surface area contributed by atoms with Crippen LogP contribution in [0.25, 0.3) is 0 Å². The number of pyridine rings is 1. The molecule has 0 aliphatic rings. The Morgan fingerprint density at radius 1 is 1.09 bits per heavy atom. The van der Waals surface area contributed by atoms with E-state index >= 15 is 0 Å². The fourth-order valence-electron chi connectivity index (χ4n) is 1.79. The molecule has 1 heterocycles. The van der Waals surface area contributed by atoms with Gasteiger partial charge in [0.25, 0.3) is 5.91 Å². The number of amides is 1. The molecule has 1 amide bonds. The minimum Gasteiger partial charge on any atom is -0.478 e. The van der Waals surface area contributed by atoms with Gasteiger partial charge >= 0.3 is 12.1 Å². The van der Waals surface area contributed by atoms with Gasteiger partial charge in [-0.1, -0.05) is 12.1 Å². The monoisotopic (exact) mass is 310 g/mol. The van der Waals surface area contributed by atoms with Crippen LogP contribution in [0.3, 0.4) is 0 Å². The summed E-state index contributed by atoms with van der Waals surface area (Å²) in [6.45, 7) is 0. The molecule has 0 unspecified atom stereocenters. The highest BCUT2D eigenvalue weighted by atomic mass is 19.4. The highest BCUT2D eigenvalue weighted by Gasteiger charge is 2.33. The predicted octanol–water partition coefficient (Wildman–Crippen LogP) is 3.05. The number of benzene rings is 1. The molecule has 0 bridgehead atoms. The molecule has 114 valence electrons. The van der Waals surface area contributed by atoms with Crippen molar-refractivity contribution in [2.24, 2.45) is 0 Å². The first kappa shape index (κ1) is 15.5. The molecule has 0 spiro atoms. The molecular weight excluding hydrogens is 301 g/mol. The number of carbonyl (C=O) groups excluding carboxylic acids is 1. The van der Waals surface area contributed by atoms with E-state index in [1.54, 1.807) is 0 Å². The minimum atomic E-state index is -4.64. The summed E-state index contributed by atoms with van der Waals surface area (Å²) in [5, 5.41) is 11.0. The highest BCUT2D eigenvalue weighted by Crippen LogP contribution is 2.34. The summed E-state index contributed by atoms with van der Waals surface area (Å²) in [5.41, 5.74) is -2.15. The van der Waals surface area contributed by atoms with Gasteiger partial charge < -0.3 is 10.4 Å². The lowest BCUT2D eigenvalue weighted by atomic mass is 10.1. The summed E-state index contributed by atoms with van der Waals surface area (Å²) in [7, 11) is 0. The highest BCUT2D eigenvalue weighted by molar-refractivity contribution is 6.10. The number of hydrogen-bond acceptors (Lipinski definition) is 3. The van der Waals surface area contributed by atoms with Crippen LogP contribution in [0.1, 0.15) is 26.3 Å². The van der Waals surface area contributed by atoms with E-state index in [4.69, 9.17) is 5.11 Å². The van der Waals surface area contributed by atoms with Gasteiger partial charge in [0.2, 0.25) is 0 Å². The predicted molar refractivity (Wildman–Crippen MR) is 70.6 cm³/mol. The van der Waals surface area contributed by atoms with E-state index < -0.39 is 34.9 Å². The maximum Gasteiger partial charge on any atom is 0.418 e. The number of carboxylic acids is 1. The zero-order chi connectivity index (χ0) is 16.3. The fourth-order valence-corrected chi connectivity index (χ4v) is 1.79. The number of carboxylic acid groups (broad SMARTS) is 1. The number of carbonyl (C=O) groups is 2. The van der Waals surface area contributed by atoms with Crippen LogP contribution in [-0.2, 0) is 6.18 Å². The van der Waals surface area contributed by atoms with Crippen molar-refractivity contribution in [3.63, 3.8) is 0 Å². The SMILES string of the molecule is O=C(O)c1cnccc1C(=O)Nc1ccccc1C(F)(F)F. The molecule has 1 aromatic heterocycles. The van der Waals surface area contributed by atoms with Crippen molar-refractivity contribution in [2.45, 2.75) is 6.18 Å². The maximum absolute atomic E-state index is 12.9. The molecule has 8 heteroatoms. The van der Waals surface area contributed by atoms with Gasteiger partial charge in [-0.05, 0) is 18.2 Å². The standard InChI is InChI=1S/C14H9F3N2O3/c15-14(16,17)10-3-1-2-4-11(10)19-12(20)8-5-6-18-7-9(8)13(21)22/h1-7H,(H,19,20)(H,21,22). The van der Waals surface area contributed by atoms with Crippen molar-refractivity contribution in [1.29, 1.82) is 0 Å². The third kappa shape index (κ3) is 3.22. The quantitative estimate of drug-likeness (QED) is 0.913. The van der Waals surface area contributed by atoms with Crippen LogP contribution in [-0.4, -0.2) is 22.0 Å². The van der Waals surface area contributed by atoms with Crippen molar-refractivity contribution in [1.82, 2.24) is 4.98 Å². The molecule has 0 aliphatic heterocycles. The lowest BCUT2D eigenvalue weighted by Gasteiger charge is -2.14. The molecule has 0 aliphatic carbocycles. The van der Waals surface area contributed by atoms with E-state index in [0.717, 1.165) is 24.4 Å². The van der Waals surface area contributed by atoms with Crippen LogP contribution < -0.4 is 5.32 Å². The number of rotatable bonds is 3. The molecule has 2 aromatic rings. The van der Waals surface area contributed by atoms with Gasteiger partial charge in [0, 0.05) is 12.4 Å². The normalized spacial score (nSPS) is 11.0. The fraction of sp³-hybridized carbons (Fsp3) is 0.0714. The zero-order valence-electron chi connectivity index (χ0n) is 10.9. The van der Waals surface area contributed by atoms with E-state index in [9.17, 15) is 22.8 Å². The van der Waals surface area contributed by atoms with Gasteiger partial charge in [0.1, 0.15) is 0 Å². The van der Waals surface area contributed by atoms with Gasteiger partial charge in [0.05, 0.1) is 22.4 Å². The third-order valence-corrected chi connectivity index (χ3v) is 2.78. The van der Waals surface area contributed by atoms with Crippen molar-refractivity contribution >= 4 is 17.6 Å². The molecule has 0 saturated heterocycles. The van der Waals surface area contributed by atoms with Crippen molar-refractivity contribution in [2.75, 3.05) is 5.32 Å². The average Bonchev–Trinajstić information content (AvgIpc) is 2.46. The summed E-state index contributed by atoms with van der Waals surface area (Å²) in [5.74, 6) is -2.36. The topological polar surface area (TPSA) is 79.3 Å². The van der Waals surface area contributed by atoms with E-state index in [1.165, 1.54) is 18.3 Å². The van der Waals surface area contributed by atoms with Crippen molar-refractivity contribution in [3.8, 4) is 0 Å².